The van der Waals surface area contributed by atoms with E-state index in [2.05, 4.69) is 10.2 Å². The second-order valence-corrected chi connectivity index (χ2v) is 6.16. The zero-order valence-electron chi connectivity index (χ0n) is 13.0. The predicted octanol–water partition coefficient (Wildman–Crippen LogP) is 1.47. The molecule has 120 valence electrons. The van der Waals surface area contributed by atoms with Gasteiger partial charge in [0.2, 0.25) is 0 Å². The van der Waals surface area contributed by atoms with E-state index in [1.165, 1.54) is 0 Å². The Kier molecular flexibility index (Phi) is 4.64. The number of aliphatic hydroxyl groups is 1. The van der Waals surface area contributed by atoms with Crippen molar-refractivity contribution in [3.05, 3.63) is 29.8 Å². The fourth-order valence-corrected chi connectivity index (χ4v) is 3.32. The Labute approximate surface area is 131 Å². The van der Waals surface area contributed by atoms with Gasteiger partial charge in [-0.1, -0.05) is 18.2 Å². The van der Waals surface area contributed by atoms with Crippen molar-refractivity contribution < 1.29 is 14.6 Å². The van der Waals surface area contributed by atoms with Crippen molar-refractivity contribution in [2.24, 2.45) is 0 Å². The van der Waals surface area contributed by atoms with Gasteiger partial charge in [-0.25, -0.2) is 0 Å². The molecule has 1 aromatic rings. The monoisotopic (exact) mass is 304 g/mol. The van der Waals surface area contributed by atoms with Crippen molar-refractivity contribution in [2.45, 2.75) is 44.4 Å². The quantitative estimate of drug-likeness (QED) is 0.884. The molecule has 1 amide bonds. The van der Waals surface area contributed by atoms with Gasteiger partial charge in [-0.3, -0.25) is 9.69 Å². The summed E-state index contributed by atoms with van der Waals surface area (Å²) in [5.41, 5.74) is 0.989. The van der Waals surface area contributed by atoms with Gasteiger partial charge in [0.05, 0.1) is 12.6 Å². The van der Waals surface area contributed by atoms with Crippen LogP contribution in [0.15, 0.2) is 24.3 Å². The molecule has 0 aromatic heterocycles. The van der Waals surface area contributed by atoms with Crippen LogP contribution in [0.2, 0.25) is 0 Å². The van der Waals surface area contributed by atoms with Gasteiger partial charge in [0.15, 0.2) is 0 Å². The number of nitrogens with zero attached hydrogens (tertiary/aromatic N) is 1. The standard InChI is InChI=1S/C17H24N2O3/c1-12(19-9-4-5-10-19)16(20)17(21)18-14-8-11-22-15-7-3-2-6-13(14)15/h2-3,6-7,12,14,16,20H,4-5,8-11H2,1H3,(H,18,21)/t12-,14?,16+/m0/s1. The number of carbonyl (C=O) groups excluding carboxylic acids is 1. The SMILES string of the molecule is C[C@@H]([C@@H](O)C(=O)NC1CCOc2ccccc21)N1CCCC1. The molecule has 0 aliphatic carbocycles. The first-order valence-corrected chi connectivity index (χ1v) is 8.11. The molecule has 2 heterocycles. The second kappa shape index (κ2) is 6.67. The molecule has 1 unspecified atom stereocenters. The maximum absolute atomic E-state index is 12.4. The van der Waals surface area contributed by atoms with Crippen LogP contribution in [0.3, 0.4) is 0 Å². The number of amides is 1. The number of benzene rings is 1. The van der Waals surface area contributed by atoms with Crippen molar-refractivity contribution in [3.63, 3.8) is 0 Å². The zero-order chi connectivity index (χ0) is 15.5. The number of para-hydroxylation sites is 1. The third-order valence-corrected chi connectivity index (χ3v) is 4.72. The van der Waals surface area contributed by atoms with E-state index in [9.17, 15) is 9.90 Å². The number of nitrogens with one attached hydrogen (secondary N) is 1. The molecule has 0 bridgehead atoms. The zero-order valence-corrected chi connectivity index (χ0v) is 13.0. The molecule has 3 rings (SSSR count). The molecule has 22 heavy (non-hydrogen) atoms. The second-order valence-electron chi connectivity index (χ2n) is 6.16. The normalized spacial score (nSPS) is 24.2. The molecule has 0 saturated carbocycles. The molecule has 5 nitrogen and oxygen atoms in total. The first-order chi connectivity index (χ1) is 10.7. The van der Waals surface area contributed by atoms with Crippen molar-refractivity contribution in [1.29, 1.82) is 0 Å². The number of ether oxygens (including phenoxy) is 1. The lowest BCUT2D eigenvalue weighted by Crippen LogP contribution is -2.49. The van der Waals surface area contributed by atoms with E-state index in [1.54, 1.807) is 0 Å². The summed E-state index contributed by atoms with van der Waals surface area (Å²) in [4.78, 5) is 14.6. The van der Waals surface area contributed by atoms with Crippen LogP contribution in [-0.2, 0) is 4.79 Å². The fourth-order valence-electron chi connectivity index (χ4n) is 3.32. The summed E-state index contributed by atoms with van der Waals surface area (Å²) in [6, 6.07) is 7.52. The minimum Gasteiger partial charge on any atom is -0.493 e. The maximum atomic E-state index is 12.4. The summed E-state index contributed by atoms with van der Waals surface area (Å²) in [5, 5.41) is 13.3. The van der Waals surface area contributed by atoms with E-state index in [0.29, 0.717) is 6.61 Å². The molecule has 2 N–H and O–H groups in total. The van der Waals surface area contributed by atoms with E-state index >= 15 is 0 Å². The highest BCUT2D eigenvalue weighted by molar-refractivity contribution is 5.81. The molecule has 1 saturated heterocycles. The topological polar surface area (TPSA) is 61.8 Å². The van der Waals surface area contributed by atoms with Crippen molar-refractivity contribution in [1.82, 2.24) is 10.2 Å². The summed E-state index contributed by atoms with van der Waals surface area (Å²) in [7, 11) is 0. The van der Waals surface area contributed by atoms with Gasteiger partial charge in [-0.2, -0.15) is 0 Å². The third kappa shape index (κ3) is 3.10. The van der Waals surface area contributed by atoms with Crippen LogP contribution >= 0.6 is 0 Å². The van der Waals surface area contributed by atoms with Gasteiger partial charge in [0.25, 0.3) is 5.91 Å². The minimum atomic E-state index is -0.992. The Morgan fingerprint density at radius 3 is 2.86 bits per heavy atom. The Hall–Kier alpha value is -1.59. The third-order valence-electron chi connectivity index (χ3n) is 4.72. The highest BCUT2D eigenvalue weighted by Gasteiger charge is 2.31. The molecule has 0 spiro atoms. The van der Waals surface area contributed by atoms with E-state index in [0.717, 1.165) is 43.7 Å². The number of hydrogen-bond acceptors (Lipinski definition) is 4. The van der Waals surface area contributed by atoms with Crippen LogP contribution in [0, 0.1) is 0 Å². The fraction of sp³-hybridized carbons (Fsp3) is 0.588. The largest absolute Gasteiger partial charge is 0.493 e. The number of carbonyl (C=O) groups is 1. The van der Waals surface area contributed by atoms with Gasteiger partial charge in [0, 0.05) is 18.0 Å². The van der Waals surface area contributed by atoms with Gasteiger partial charge < -0.3 is 15.2 Å². The summed E-state index contributed by atoms with van der Waals surface area (Å²) in [6.07, 6.45) is 2.03. The van der Waals surface area contributed by atoms with E-state index in [-0.39, 0.29) is 18.0 Å². The van der Waals surface area contributed by atoms with Gasteiger partial charge in [-0.15, -0.1) is 0 Å². The van der Waals surface area contributed by atoms with Crippen LogP contribution in [0.25, 0.3) is 0 Å². The highest BCUT2D eigenvalue weighted by Crippen LogP contribution is 2.31. The van der Waals surface area contributed by atoms with E-state index in [4.69, 9.17) is 4.74 Å². The molecular weight excluding hydrogens is 280 g/mol. The lowest BCUT2D eigenvalue weighted by Gasteiger charge is -2.31. The van der Waals surface area contributed by atoms with Crippen LogP contribution in [-0.4, -0.2) is 47.8 Å². The predicted molar refractivity (Wildman–Crippen MR) is 83.7 cm³/mol. The average Bonchev–Trinajstić information content (AvgIpc) is 3.08. The van der Waals surface area contributed by atoms with Crippen molar-refractivity contribution in [3.8, 4) is 5.75 Å². The molecule has 3 atom stereocenters. The van der Waals surface area contributed by atoms with E-state index < -0.39 is 6.10 Å². The average molecular weight is 304 g/mol. The number of hydrogen-bond donors (Lipinski definition) is 2. The van der Waals surface area contributed by atoms with Gasteiger partial charge in [0.1, 0.15) is 11.9 Å². The molecule has 1 aromatic carbocycles. The highest BCUT2D eigenvalue weighted by atomic mass is 16.5. The Morgan fingerprint density at radius 1 is 1.36 bits per heavy atom. The maximum Gasteiger partial charge on any atom is 0.250 e. The first kappa shape index (κ1) is 15.3. The van der Waals surface area contributed by atoms with Crippen LogP contribution in [0.1, 0.15) is 37.8 Å². The lowest BCUT2D eigenvalue weighted by molar-refractivity contribution is -0.133. The minimum absolute atomic E-state index is 0.0853. The Morgan fingerprint density at radius 2 is 2.09 bits per heavy atom. The van der Waals surface area contributed by atoms with Crippen molar-refractivity contribution in [2.75, 3.05) is 19.7 Å². The molecular formula is C17H24N2O3. The Bertz CT molecular complexity index is 528. The smallest absolute Gasteiger partial charge is 0.250 e. The number of aliphatic hydroxyl groups excluding tert-OH is 1. The number of likely N-dealkylation sites (tertiary alicyclic amines) is 1. The number of rotatable bonds is 4. The summed E-state index contributed by atoms with van der Waals surface area (Å²) in [6.45, 7) is 4.43. The lowest BCUT2D eigenvalue weighted by atomic mass is 10.00. The summed E-state index contributed by atoms with van der Waals surface area (Å²) < 4.78 is 5.60. The van der Waals surface area contributed by atoms with Gasteiger partial charge >= 0.3 is 0 Å². The molecule has 0 radical (unpaired) electrons. The number of fused-ring (bicyclic) bond motifs is 1. The van der Waals surface area contributed by atoms with Gasteiger partial charge in [-0.05, 0) is 38.9 Å². The van der Waals surface area contributed by atoms with Crippen molar-refractivity contribution >= 4 is 5.91 Å². The molecule has 2 aliphatic rings. The molecule has 2 aliphatic heterocycles. The summed E-state index contributed by atoms with van der Waals surface area (Å²) >= 11 is 0. The first-order valence-electron chi connectivity index (χ1n) is 8.11. The van der Waals surface area contributed by atoms with E-state index in [1.807, 2.05) is 31.2 Å². The summed E-state index contributed by atoms with van der Waals surface area (Å²) in [5.74, 6) is 0.530. The molecule has 1 fully saturated rings. The Balaban J connectivity index is 1.64. The molecule has 5 heteroatoms. The van der Waals surface area contributed by atoms with Crippen LogP contribution in [0.5, 0.6) is 5.75 Å². The van der Waals surface area contributed by atoms with Crippen LogP contribution in [0.4, 0.5) is 0 Å². The van der Waals surface area contributed by atoms with Crippen LogP contribution < -0.4 is 10.1 Å².